The molecule has 1 fully saturated rings. The van der Waals surface area contributed by atoms with Crippen LogP contribution in [0.4, 0.5) is 0 Å². The average molecular weight is 351 g/mol. The van der Waals surface area contributed by atoms with Crippen LogP contribution in [-0.4, -0.2) is 21.2 Å². The minimum atomic E-state index is -0.499. The second kappa shape index (κ2) is 6.53. The second-order valence-corrected chi connectivity index (χ2v) is 6.92. The van der Waals surface area contributed by atoms with E-state index in [0.717, 1.165) is 29.7 Å². The van der Waals surface area contributed by atoms with Gasteiger partial charge >= 0.3 is 0 Å². The first-order valence-corrected chi connectivity index (χ1v) is 8.85. The van der Waals surface area contributed by atoms with Gasteiger partial charge in [0.15, 0.2) is 0 Å². The molecule has 0 radical (unpaired) electrons. The Hall–Kier alpha value is -2.73. The third-order valence-corrected chi connectivity index (χ3v) is 4.79. The molecule has 1 aromatic carbocycles. The van der Waals surface area contributed by atoms with E-state index in [2.05, 4.69) is 15.5 Å². The summed E-state index contributed by atoms with van der Waals surface area (Å²) in [6, 6.07) is 9.42. The maximum absolute atomic E-state index is 12.8. The lowest BCUT2D eigenvalue weighted by Gasteiger charge is -2.09. The van der Waals surface area contributed by atoms with Gasteiger partial charge < -0.3 is 14.9 Å². The van der Waals surface area contributed by atoms with Gasteiger partial charge in [-0.2, -0.15) is 0 Å². The van der Waals surface area contributed by atoms with Crippen LogP contribution in [0, 0.1) is 6.92 Å². The third-order valence-electron chi connectivity index (χ3n) is 4.79. The molecule has 0 aliphatic heterocycles. The second-order valence-electron chi connectivity index (χ2n) is 6.92. The fourth-order valence-corrected chi connectivity index (χ4v) is 3.07. The zero-order valence-corrected chi connectivity index (χ0v) is 14.8. The van der Waals surface area contributed by atoms with Crippen molar-refractivity contribution in [1.82, 2.24) is 15.5 Å². The third kappa shape index (κ3) is 3.20. The molecular weight excluding hydrogens is 330 g/mol. The number of hydrogen-bond acceptors (Lipinski definition) is 5. The number of nitrogens with zero attached hydrogens (tertiary/aromatic N) is 2. The maximum atomic E-state index is 12.8. The molecule has 1 aliphatic rings. The van der Waals surface area contributed by atoms with Crippen molar-refractivity contribution in [2.45, 2.75) is 45.3 Å². The molecule has 6 nitrogen and oxygen atoms in total. The lowest BCUT2D eigenvalue weighted by molar-refractivity contribution is 0.0952. The molecule has 2 N–H and O–H groups in total. The van der Waals surface area contributed by atoms with Gasteiger partial charge in [-0.15, -0.1) is 0 Å². The smallest absolute Gasteiger partial charge is 0.259 e. The molecule has 4 rings (SSSR count). The van der Waals surface area contributed by atoms with E-state index in [4.69, 9.17) is 4.52 Å². The van der Waals surface area contributed by atoms with Crippen molar-refractivity contribution in [1.29, 1.82) is 0 Å². The van der Waals surface area contributed by atoms with Gasteiger partial charge in [0.2, 0.25) is 0 Å². The van der Waals surface area contributed by atoms with E-state index < -0.39 is 6.10 Å². The fraction of sp³-hybridized carbons (Fsp3) is 0.350. The van der Waals surface area contributed by atoms with Crippen LogP contribution in [0.1, 0.15) is 64.7 Å². The zero-order valence-electron chi connectivity index (χ0n) is 14.8. The van der Waals surface area contributed by atoms with Crippen LogP contribution < -0.4 is 5.32 Å². The molecule has 2 heterocycles. The maximum Gasteiger partial charge on any atom is 0.259 e. The quantitative estimate of drug-likeness (QED) is 0.735. The van der Waals surface area contributed by atoms with Gasteiger partial charge in [0.25, 0.3) is 11.6 Å². The van der Waals surface area contributed by atoms with Crippen LogP contribution in [0.2, 0.25) is 0 Å². The van der Waals surface area contributed by atoms with E-state index in [1.54, 1.807) is 6.92 Å². The molecule has 0 unspecified atom stereocenters. The van der Waals surface area contributed by atoms with Gasteiger partial charge in [-0.25, -0.2) is 4.98 Å². The molecule has 3 aromatic rings. The van der Waals surface area contributed by atoms with Crippen LogP contribution >= 0.6 is 0 Å². The number of carbonyl (C=O) groups is 1. The van der Waals surface area contributed by atoms with Gasteiger partial charge in [-0.05, 0) is 43.9 Å². The minimum absolute atomic E-state index is 0.162. The molecule has 1 aliphatic carbocycles. The van der Waals surface area contributed by atoms with Crippen LogP contribution in [0.25, 0.3) is 11.1 Å². The molecule has 26 heavy (non-hydrogen) atoms. The highest BCUT2D eigenvalue weighted by Crippen LogP contribution is 2.40. The summed E-state index contributed by atoms with van der Waals surface area (Å²) in [5, 5.41) is 17.2. The Morgan fingerprint density at radius 3 is 2.73 bits per heavy atom. The number of aromatic nitrogens is 2. The number of aliphatic hydroxyl groups is 1. The van der Waals surface area contributed by atoms with E-state index in [9.17, 15) is 9.90 Å². The van der Waals surface area contributed by atoms with Crippen molar-refractivity contribution in [3.8, 4) is 0 Å². The Morgan fingerprint density at radius 1 is 1.35 bits per heavy atom. The van der Waals surface area contributed by atoms with E-state index in [0.29, 0.717) is 34.8 Å². The van der Waals surface area contributed by atoms with Crippen molar-refractivity contribution in [3.63, 3.8) is 0 Å². The number of carbonyl (C=O) groups excluding carboxylic acids is 1. The van der Waals surface area contributed by atoms with Crippen LogP contribution in [0.5, 0.6) is 0 Å². The van der Waals surface area contributed by atoms with Gasteiger partial charge in [0.1, 0.15) is 0 Å². The molecule has 1 atom stereocenters. The summed E-state index contributed by atoms with van der Waals surface area (Å²) < 4.78 is 5.29. The molecule has 0 bridgehead atoms. The zero-order chi connectivity index (χ0) is 18.3. The monoisotopic (exact) mass is 351 g/mol. The highest BCUT2D eigenvalue weighted by Gasteiger charge is 2.28. The number of fused-ring (bicyclic) bond motifs is 1. The Labute approximate surface area is 151 Å². The molecule has 6 heteroatoms. The van der Waals surface area contributed by atoms with Crippen molar-refractivity contribution < 1.29 is 14.4 Å². The lowest BCUT2D eigenvalue weighted by Crippen LogP contribution is -2.23. The number of hydrogen-bond donors (Lipinski definition) is 2. The topological polar surface area (TPSA) is 88.2 Å². The Kier molecular flexibility index (Phi) is 4.20. The van der Waals surface area contributed by atoms with Crippen molar-refractivity contribution in [3.05, 3.63) is 58.4 Å². The summed E-state index contributed by atoms with van der Waals surface area (Å²) in [5.41, 5.74) is 4.39. The molecule has 134 valence electrons. The van der Waals surface area contributed by atoms with Gasteiger partial charge in [0.05, 0.1) is 22.7 Å². The fourth-order valence-electron chi connectivity index (χ4n) is 3.07. The van der Waals surface area contributed by atoms with Gasteiger partial charge in [-0.1, -0.05) is 29.4 Å². The van der Waals surface area contributed by atoms with E-state index >= 15 is 0 Å². The van der Waals surface area contributed by atoms with Crippen molar-refractivity contribution in [2.75, 3.05) is 0 Å². The Morgan fingerprint density at radius 2 is 2.08 bits per heavy atom. The van der Waals surface area contributed by atoms with Gasteiger partial charge in [0, 0.05) is 18.2 Å². The number of aryl methyl sites for hydroxylation is 1. The summed E-state index contributed by atoms with van der Waals surface area (Å²) in [5.74, 6) is 0.259. The molecule has 1 saturated carbocycles. The summed E-state index contributed by atoms with van der Waals surface area (Å²) in [6.45, 7) is 3.95. The predicted octanol–water partition coefficient (Wildman–Crippen LogP) is 3.39. The van der Waals surface area contributed by atoms with E-state index in [1.165, 1.54) is 0 Å². The number of amides is 1. The standard InChI is InChI=1S/C20H21N3O3/c1-11-18-16(9-17(15-7-8-15)22-20(18)26-23-11)19(25)21-10-13-3-5-14(6-4-13)12(2)24/h3-6,9,12,15,24H,7-8,10H2,1-2H3,(H,21,25)/t12-/m1/s1. The summed E-state index contributed by atoms with van der Waals surface area (Å²) in [4.78, 5) is 17.3. The first kappa shape index (κ1) is 16.7. The van der Waals surface area contributed by atoms with Crippen LogP contribution in [-0.2, 0) is 6.54 Å². The van der Waals surface area contributed by atoms with Crippen molar-refractivity contribution in [2.24, 2.45) is 0 Å². The number of rotatable bonds is 5. The first-order valence-electron chi connectivity index (χ1n) is 8.85. The Balaban J connectivity index is 1.56. The molecule has 1 amide bonds. The normalized spacial score (nSPS) is 15.2. The van der Waals surface area contributed by atoms with E-state index in [-0.39, 0.29) is 5.91 Å². The molecule has 2 aromatic heterocycles. The number of benzene rings is 1. The van der Waals surface area contributed by atoms with Crippen LogP contribution in [0.3, 0.4) is 0 Å². The highest BCUT2D eigenvalue weighted by atomic mass is 16.5. The number of pyridine rings is 1. The molecule has 0 spiro atoms. The van der Waals surface area contributed by atoms with Crippen molar-refractivity contribution >= 4 is 17.0 Å². The molecular formula is C20H21N3O3. The predicted molar refractivity (Wildman–Crippen MR) is 96.8 cm³/mol. The van der Waals surface area contributed by atoms with Crippen LogP contribution in [0.15, 0.2) is 34.9 Å². The lowest BCUT2D eigenvalue weighted by atomic mass is 10.1. The first-order chi connectivity index (χ1) is 12.5. The number of aliphatic hydroxyl groups excluding tert-OH is 1. The highest BCUT2D eigenvalue weighted by molar-refractivity contribution is 6.06. The Bertz CT molecular complexity index is 956. The van der Waals surface area contributed by atoms with E-state index in [1.807, 2.05) is 37.3 Å². The minimum Gasteiger partial charge on any atom is -0.389 e. The molecule has 0 saturated heterocycles. The average Bonchev–Trinajstić information content (AvgIpc) is 3.43. The number of nitrogens with one attached hydrogen (secondary N) is 1. The summed E-state index contributed by atoms with van der Waals surface area (Å²) in [7, 11) is 0. The SMILES string of the molecule is Cc1noc2nc(C3CC3)cc(C(=O)NCc3ccc([C@@H](C)O)cc3)c12. The largest absolute Gasteiger partial charge is 0.389 e. The summed E-state index contributed by atoms with van der Waals surface area (Å²) >= 11 is 0. The summed E-state index contributed by atoms with van der Waals surface area (Å²) in [6.07, 6.45) is 1.70. The van der Waals surface area contributed by atoms with Gasteiger partial charge in [-0.3, -0.25) is 4.79 Å².